The highest BCUT2D eigenvalue weighted by molar-refractivity contribution is 14.1. The minimum atomic E-state index is -2.88. The van der Waals surface area contributed by atoms with Crippen molar-refractivity contribution >= 4 is 22.6 Å². The molecule has 0 spiro atoms. The lowest BCUT2D eigenvalue weighted by molar-refractivity contribution is 0.0419. The van der Waals surface area contributed by atoms with Gasteiger partial charge in [0, 0.05) is 28.3 Å². The summed E-state index contributed by atoms with van der Waals surface area (Å²) >= 11 is 1.10. The number of alkyl halides is 3. The predicted molar refractivity (Wildman–Crippen MR) is 50.6 cm³/mol. The normalized spacial score (nSPS) is 12.2. The van der Waals surface area contributed by atoms with Crippen LogP contribution in [0.3, 0.4) is 0 Å². The molecule has 0 N–H and O–H groups in total. The van der Waals surface area contributed by atoms with Crippen molar-refractivity contribution in [1.82, 2.24) is 9.55 Å². The molecule has 0 bridgehead atoms. The molecule has 5 heteroatoms. The zero-order chi connectivity index (χ0) is 9.52. The van der Waals surface area contributed by atoms with Crippen LogP contribution in [0.1, 0.15) is 17.2 Å². The van der Waals surface area contributed by atoms with Crippen molar-refractivity contribution in [2.75, 3.05) is 0 Å². The Balaban J connectivity index is 3.32. The van der Waals surface area contributed by atoms with Crippen molar-refractivity contribution in [3.63, 3.8) is 0 Å². The molecule has 0 radical (unpaired) electrons. The maximum atomic E-state index is 12.9. The monoisotopic (exact) mass is 286 g/mol. The van der Waals surface area contributed by atoms with E-state index in [9.17, 15) is 8.78 Å². The highest BCUT2D eigenvalue weighted by Gasteiger charge is 2.30. The van der Waals surface area contributed by atoms with Gasteiger partial charge >= 0.3 is 4.05 Å². The van der Waals surface area contributed by atoms with Gasteiger partial charge in [0.1, 0.15) is 5.82 Å². The fourth-order valence-corrected chi connectivity index (χ4v) is 1.86. The molecule has 0 fully saturated rings. The third kappa shape index (κ3) is 1.60. The van der Waals surface area contributed by atoms with Crippen molar-refractivity contribution in [2.24, 2.45) is 0 Å². The fraction of sp³-hybridized carbons (Fsp3) is 0.571. The van der Waals surface area contributed by atoms with Crippen molar-refractivity contribution in [3.05, 3.63) is 17.2 Å². The minimum absolute atomic E-state index is 0.351. The molecule has 68 valence electrons. The second kappa shape index (κ2) is 2.93. The zero-order valence-corrected chi connectivity index (χ0v) is 9.19. The smallest absolute Gasteiger partial charge is 0.264 e. The maximum Gasteiger partial charge on any atom is 0.381 e. The van der Waals surface area contributed by atoms with E-state index in [1.54, 1.807) is 20.8 Å². The van der Waals surface area contributed by atoms with Gasteiger partial charge < -0.3 is 0 Å². The van der Waals surface area contributed by atoms with Crippen LogP contribution in [0.4, 0.5) is 8.78 Å². The molecule has 0 saturated heterocycles. The van der Waals surface area contributed by atoms with Gasteiger partial charge in [-0.05, 0) is 20.8 Å². The summed E-state index contributed by atoms with van der Waals surface area (Å²) in [7, 11) is 0. The molecule has 0 aromatic carbocycles. The van der Waals surface area contributed by atoms with Gasteiger partial charge in [-0.3, -0.25) is 4.57 Å². The zero-order valence-electron chi connectivity index (χ0n) is 7.03. The minimum Gasteiger partial charge on any atom is -0.264 e. The third-order valence-corrected chi connectivity index (χ3v) is 2.25. The Morgan fingerprint density at radius 2 is 1.83 bits per heavy atom. The quantitative estimate of drug-likeness (QED) is 0.573. The van der Waals surface area contributed by atoms with Crippen LogP contribution in [0.2, 0.25) is 0 Å². The van der Waals surface area contributed by atoms with Crippen LogP contribution in [-0.4, -0.2) is 9.55 Å². The lowest BCUT2D eigenvalue weighted by Gasteiger charge is -2.13. The fourth-order valence-electron chi connectivity index (χ4n) is 1.15. The number of aryl methyl sites for hydroxylation is 2. The lowest BCUT2D eigenvalue weighted by atomic mass is 10.4. The molecule has 1 heterocycles. The summed E-state index contributed by atoms with van der Waals surface area (Å²) in [5.41, 5.74) is 1.18. The van der Waals surface area contributed by atoms with Gasteiger partial charge in [-0.2, -0.15) is 8.78 Å². The molecule has 0 saturated carbocycles. The Labute approximate surface area is 83.1 Å². The van der Waals surface area contributed by atoms with E-state index in [4.69, 9.17) is 0 Å². The van der Waals surface area contributed by atoms with Crippen LogP contribution in [-0.2, 0) is 4.05 Å². The SMILES string of the molecule is Cc1nc(C)n(C(F)(F)I)c1C. The first-order valence-electron chi connectivity index (χ1n) is 3.43. The largest absolute Gasteiger partial charge is 0.381 e. The number of hydrogen-bond donors (Lipinski definition) is 0. The first kappa shape index (κ1) is 9.88. The molecule has 0 aliphatic carbocycles. The average molecular weight is 286 g/mol. The van der Waals surface area contributed by atoms with Crippen LogP contribution < -0.4 is 0 Å². The van der Waals surface area contributed by atoms with E-state index in [-0.39, 0.29) is 0 Å². The van der Waals surface area contributed by atoms with E-state index in [2.05, 4.69) is 4.98 Å². The number of imidazole rings is 1. The molecule has 0 aliphatic rings. The van der Waals surface area contributed by atoms with E-state index in [0.717, 1.165) is 27.2 Å². The van der Waals surface area contributed by atoms with Gasteiger partial charge in [0.25, 0.3) is 0 Å². The Bertz CT molecular complexity index is 301. The molecule has 2 nitrogen and oxygen atoms in total. The predicted octanol–water partition coefficient (Wildman–Crippen LogP) is 2.75. The van der Waals surface area contributed by atoms with Crippen LogP contribution in [0.5, 0.6) is 0 Å². The summed E-state index contributed by atoms with van der Waals surface area (Å²) in [5.74, 6) is 0.351. The van der Waals surface area contributed by atoms with E-state index >= 15 is 0 Å². The highest BCUT2D eigenvalue weighted by atomic mass is 127. The summed E-state index contributed by atoms with van der Waals surface area (Å²) < 4.78 is 23.8. The molecule has 0 amide bonds. The van der Waals surface area contributed by atoms with Crippen molar-refractivity contribution < 1.29 is 8.78 Å². The molecule has 1 aromatic heterocycles. The standard InChI is InChI=1S/C7H9F2IN2/c1-4-5(2)12(6(3)11-4)7(8,9)10/h1-3H3. The topological polar surface area (TPSA) is 17.8 Å². The van der Waals surface area contributed by atoms with Crippen molar-refractivity contribution in [3.8, 4) is 0 Å². The second-order valence-corrected chi connectivity index (χ2v) is 3.93. The van der Waals surface area contributed by atoms with Crippen molar-refractivity contribution in [1.29, 1.82) is 0 Å². The Hall–Kier alpha value is -0.200. The Kier molecular flexibility index (Phi) is 2.42. The highest BCUT2D eigenvalue weighted by Crippen LogP contribution is 2.32. The van der Waals surface area contributed by atoms with E-state index in [1.165, 1.54) is 0 Å². The Morgan fingerprint density at radius 3 is 2.00 bits per heavy atom. The van der Waals surface area contributed by atoms with E-state index in [1.807, 2.05) is 0 Å². The van der Waals surface area contributed by atoms with Crippen LogP contribution in [0.25, 0.3) is 0 Å². The first-order valence-corrected chi connectivity index (χ1v) is 4.51. The van der Waals surface area contributed by atoms with E-state index in [0.29, 0.717) is 17.2 Å². The summed E-state index contributed by atoms with van der Waals surface area (Å²) in [6.45, 7) is 4.94. The van der Waals surface area contributed by atoms with E-state index < -0.39 is 4.05 Å². The lowest BCUT2D eigenvalue weighted by Crippen LogP contribution is -2.17. The molecule has 0 atom stereocenters. The molecule has 12 heavy (non-hydrogen) atoms. The molecular weight excluding hydrogens is 277 g/mol. The number of aromatic nitrogens is 2. The van der Waals surface area contributed by atoms with Gasteiger partial charge in [0.2, 0.25) is 0 Å². The van der Waals surface area contributed by atoms with Gasteiger partial charge in [-0.25, -0.2) is 4.98 Å². The molecule has 1 rings (SSSR count). The van der Waals surface area contributed by atoms with Crippen LogP contribution in [0.15, 0.2) is 0 Å². The van der Waals surface area contributed by atoms with Gasteiger partial charge in [-0.1, -0.05) is 0 Å². The summed E-state index contributed by atoms with van der Waals surface area (Å²) in [4.78, 5) is 3.96. The van der Waals surface area contributed by atoms with Gasteiger partial charge in [0.15, 0.2) is 0 Å². The van der Waals surface area contributed by atoms with Gasteiger partial charge in [0.05, 0.1) is 5.69 Å². The summed E-state index contributed by atoms with van der Waals surface area (Å²) in [5, 5.41) is 0. The molecule has 1 aromatic rings. The maximum absolute atomic E-state index is 12.9. The second-order valence-electron chi connectivity index (χ2n) is 2.63. The average Bonchev–Trinajstić information content (AvgIpc) is 2.05. The number of nitrogens with zero attached hydrogens (tertiary/aromatic N) is 2. The molecule has 0 unspecified atom stereocenters. The van der Waals surface area contributed by atoms with Crippen LogP contribution >= 0.6 is 22.6 Å². The summed E-state index contributed by atoms with van der Waals surface area (Å²) in [6, 6.07) is 0. The van der Waals surface area contributed by atoms with Gasteiger partial charge in [-0.15, -0.1) is 0 Å². The summed E-state index contributed by atoms with van der Waals surface area (Å²) in [6.07, 6.45) is 0. The first-order chi connectivity index (χ1) is 5.34. The number of halogens is 3. The molecule has 0 aliphatic heterocycles. The number of hydrogen-bond acceptors (Lipinski definition) is 1. The molecular formula is C7H9F2IN2. The number of rotatable bonds is 1. The van der Waals surface area contributed by atoms with Crippen molar-refractivity contribution in [2.45, 2.75) is 24.8 Å². The third-order valence-electron chi connectivity index (χ3n) is 1.77. The Morgan fingerprint density at radius 1 is 1.33 bits per heavy atom. The van der Waals surface area contributed by atoms with Crippen LogP contribution in [0, 0.1) is 20.8 Å².